The fourth-order valence-corrected chi connectivity index (χ4v) is 1.51. The summed E-state index contributed by atoms with van der Waals surface area (Å²) in [5, 5.41) is 0. The van der Waals surface area contributed by atoms with Crippen LogP contribution in [0.15, 0.2) is 24.3 Å². The lowest BCUT2D eigenvalue weighted by atomic mass is 9.93. The summed E-state index contributed by atoms with van der Waals surface area (Å²) in [5.41, 5.74) is 7.92. The maximum Gasteiger partial charge on any atom is 0.103 e. The first-order chi connectivity index (χ1) is 7.88. The molecule has 1 aromatic rings. The van der Waals surface area contributed by atoms with Gasteiger partial charge < -0.3 is 10.5 Å². The van der Waals surface area contributed by atoms with E-state index in [1.54, 1.807) is 0 Å². The summed E-state index contributed by atoms with van der Waals surface area (Å²) in [6, 6.07) is 7.89. The lowest BCUT2D eigenvalue weighted by Gasteiger charge is -2.17. The van der Waals surface area contributed by atoms with Gasteiger partial charge in [0.2, 0.25) is 0 Å². The zero-order valence-electron chi connectivity index (χ0n) is 10.8. The summed E-state index contributed by atoms with van der Waals surface area (Å²) in [6.07, 6.45) is 1.06. The molecule has 2 nitrogen and oxygen atoms in total. The van der Waals surface area contributed by atoms with E-state index in [-0.39, 0.29) is 0 Å². The van der Waals surface area contributed by atoms with Gasteiger partial charge in [-0.3, -0.25) is 0 Å². The molecule has 0 spiro atoms. The Kier molecular flexibility index (Phi) is 5.09. The minimum absolute atomic E-state index is 0.320. The predicted octanol–water partition coefficient (Wildman–Crippen LogP) is 3.27. The third kappa shape index (κ3) is 5.80. The van der Waals surface area contributed by atoms with Gasteiger partial charge in [0.1, 0.15) is 4.99 Å². The van der Waals surface area contributed by atoms with Crippen molar-refractivity contribution in [1.29, 1.82) is 0 Å². The maximum atomic E-state index is 5.65. The van der Waals surface area contributed by atoms with Gasteiger partial charge in [0.25, 0.3) is 0 Å². The van der Waals surface area contributed by atoms with E-state index in [1.807, 2.05) is 24.3 Å². The van der Waals surface area contributed by atoms with Crippen LogP contribution >= 0.6 is 12.2 Å². The second-order valence-corrected chi connectivity index (χ2v) is 5.87. The average molecular weight is 251 g/mol. The normalized spacial score (nSPS) is 11.5. The van der Waals surface area contributed by atoms with Crippen molar-refractivity contribution in [3.05, 3.63) is 35.4 Å². The van der Waals surface area contributed by atoms with Gasteiger partial charge in [0.05, 0.1) is 6.61 Å². The topological polar surface area (TPSA) is 35.2 Å². The van der Waals surface area contributed by atoms with Crippen molar-refractivity contribution in [2.24, 2.45) is 11.1 Å². The Hall–Kier alpha value is -0.930. The Morgan fingerprint density at radius 1 is 1.35 bits per heavy atom. The SMILES string of the molecule is CC(C)(C)CCOCc1cccc(C(N)=S)c1. The minimum Gasteiger partial charge on any atom is -0.389 e. The molecule has 0 bridgehead atoms. The van der Waals surface area contributed by atoms with Crippen molar-refractivity contribution in [3.63, 3.8) is 0 Å². The molecule has 0 atom stereocenters. The molecule has 0 unspecified atom stereocenters. The van der Waals surface area contributed by atoms with Gasteiger partial charge in [-0.2, -0.15) is 0 Å². The number of ether oxygens (including phenoxy) is 1. The molecule has 0 aliphatic carbocycles. The Morgan fingerprint density at radius 2 is 2.06 bits per heavy atom. The third-order valence-corrected chi connectivity index (χ3v) is 2.71. The van der Waals surface area contributed by atoms with Crippen LogP contribution in [0.3, 0.4) is 0 Å². The van der Waals surface area contributed by atoms with Gasteiger partial charge in [-0.1, -0.05) is 51.2 Å². The molecule has 3 heteroatoms. The standard InChI is InChI=1S/C14H21NOS/c1-14(2,3)7-8-16-10-11-5-4-6-12(9-11)13(15)17/h4-6,9H,7-8,10H2,1-3H3,(H2,15,17). The summed E-state index contributed by atoms with van der Waals surface area (Å²) in [4.78, 5) is 0.432. The van der Waals surface area contributed by atoms with E-state index < -0.39 is 0 Å². The van der Waals surface area contributed by atoms with Gasteiger partial charge in [-0.15, -0.1) is 0 Å². The van der Waals surface area contributed by atoms with E-state index in [2.05, 4.69) is 20.8 Å². The predicted molar refractivity (Wildman–Crippen MR) is 76.1 cm³/mol. The first-order valence-corrected chi connectivity index (χ1v) is 6.26. The smallest absolute Gasteiger partial charge is 0.103 e. The highest BCUT2D eigenvalue weighted by molar-refractivity contribution is 7.80. The van der Waals surface area contributed by atoms with Gasteiger partial charge in [-0.25, -0.2) is 0 Å². The van der Waals surface area contributed by atoms with Crippen LogP contribution in [0.1, 0.15) is 38.3 Å². The fraction of sp³-hybridized carbons (Fsp3) is 0.500. The van der Waals surface area contributed by atoms with Crippen LogP contribution in [0.5, 0.6) is 0 Å². The van der Waals surface area contributed by atoms with Crippen molar-refractivity contribution in [2.75, 3.05) is 6.61 Å². The van der Waals surface area contributed by atoms with Crippen molar-refractivity contribution >= 4 is 17.2 Å². The molecule has 0 amide bonds. The van der Waals surface area contributed by atoms with Crippen LogP contribution in [-0.2, 0) is 11.3 Å². The molecule has 17 heavy (non-hydrogen) atoms. The summed E-state index contributed by atoms with van der Waals surface area (Å²) < 4.78 is 5.65. The Bertz CT molecular complexity index is 382. The van der Waals surface area contributed by atoms with Crippen molar-refractivity contribution in [1.82, 2.24) is 0 Å². The molecule has 94 valence electrons. The second-order valence-electron chi connectivity index (χ2n) is 5.43. The summed E-state index contributed by atoms with van der Waals surface area (Å²) in [7, 11) is 0. The number of nitrogens with two attached hydrogens (primary N) is 1. The van der Waals surface area contributed by atoms with Gasteiger partial charge >= 0.3 is 0 Å². The zero-order valence-corrected chi connectivity index (χ0v) is 11.6. The number of thiocarbonyl (C=S) groups is 1. The largest absolute Gasteiger partial charge is 0.389 e. The van der Waals surface area contributed by atoms with Crippen LogP contribution in [0.2, 0.25) is 0 Å². The second kappa shape index (κ2) is 6.12. The lowest BCUT2D eigenvalue weighted by Crippen LogP contribution is -2.11. The van der Waals surface area contributed by atoms with Gasteiger partial charge in [0, 0.05) is 12.2 Å². The van der Waals surface area contributed by atoms with Crippen LogP contribution in [0, 0.1) is 5.41 Å². The number of benzene rings is 1. The van der Waals surface area contributed by atoms with E-state index in [9.17, 15) is 0 Å². The first kappa shape index (κ1) is 14.1. The highest BCUT2D eigenvalue weighted by Gasteiger charge is 2.09. The summed E-state index contributed by atoms with van der Waals surface area (Å²) >= 11 is 4.94. The Morgan fingerprint density at radius 3 is 2.65 bits per heavy atom. The monoisotopic (exact) mass is 251 g/mol. The fourth-order valence-electron chi connectivity index (χ4n) is 1.38. The molecule has 1 aromatic carbocycles. The van der Waals surface area contributed by atoms with Crippen LogP contribution < -0.4 is 5.73 Å². The number of hydrogen-bond donors (Lipinski definition) is 1. The van der Waals surface area contributed by atoms with E-state index in [1.165, 1.54) is 0 Å². The molecule has 2 N–H and O–H groups in total. The van der Waals surface area contributed by atoms with Crippen LogP contribution in [-0.4, -0.2) is 11.6 Å². The summed E-state index contributed by atoms with van der Waals surface area (Å²) in [6.45, 7) is 8.03. The van der Waals surface area contributed by atoms with Crippen LogP contribution in [0.4, 0.5) is 0 Å². The molecular formula is C14H21NOS. The maximum absolute atomic E-state index is 5.65. The first-order valence-electron chi connectivity index (χ1n) is 5.85. The van der Waals surface area contributed by atoms with E-state index >= 15 is 0 Å². The Balaban J connectivity index is 2.42. The van der Waals surface area contributed by atoms with Crippen LogP contribution in [0.25, 0.3) is 0 Å². The van der Waals surface area contributed by atoms with Crippen molar-refractivity contribution in [3.8, 4) is 0 Å². The molecule has 0 aliphatic heterocycles. The molecule has 0 aliphatic rings. The molecule has 0 saturated carbocycles. The van der Waals surface area contributed by atoms with E-state index in [0.717, 1.165) is 24.2 Å². The van der Waals surface area contributed by atoms with Gasteiger partial charge in [-0.05, 0) is 23.5 Å². The number of rotatable bonds is 5. The van der Waals surface area contributed by atoms with Crippen molar-refractivity contribution < 1.29 is 4.74 Å². The molecule has 0 heterocycles. The molecule has 0 radical (unpaired) electrons. The molecule has 1 rings (SSSR count). The average Bonchev–Trinajstić information content (AvgIpc) is 2.23. The molecule has 0 saturated heterocycles. The molecule has 0 fully saturated rings. The highest BCUT2D eigenvalue weighted by atomic mass is 32.1. The highest BCUT2D eigenvalue weighted by Crippen LogP contribution is 2.18. The van der Waals surface area contributed by atoms with E-state index in [0.29, 0.717) is 17.0 Å². The Labute approximate surface area is 109 Å². The quantitative estimate of drug-likeness (QED) is 0.644. The van der Waals surface area contributed by atoms with Crippen molar-refractivity contribution in [2.45, 2.75) is 33.8 Å². The minimum atomic E-state index is 0.320. The van der Waals surface area contributed by atoms with E-state index in [4.69, 9.17) is 22.7 Å². The molecule has 0 aromatic heterocycles. The number of hydrogen-bond acceptors (Lipinski definition) is 2. The lowest BCUT2D eigenvalue weighted by molar-refractivity contribution is 0.0962. The zero-order chi connectivity index (χ0) is 12.9. The summed E-state index contributed by atoms with van der Waals surface area (Å²) in [5.74, 6) is 0. The molecular weight excluding hydrogens is 230 g/mol. The third-order valence-electron chi connectivity index (χ3n) is 2.48. The van der Waals surface area contributed by atoms with Gasteiger partial charge in [0.15, 0.2) is 0 Å².